The molecular formula is C11H25OPSi. The van der Waals surface area contributed by atoms with Gasteiger partial charge in [-0.1, -0.05) is 48.6 Å². The Kier molecular flexibility index (Phi) is 5.57. The average Bonchev–Trinajstić information content (AvgIpc) is 1.78. The fraction of sp³-hybridized carbons (Fsp3) is 0.909. The number of ether oxygens (including phenoxy) is 1. The average molecular weight is 232 g/mol. The van der Waals surface area contributed by atoms with Gasteiger partial charge < -0.3 is 4.74 Å². The Morgan fingerprint density at radius 1 is 1.21 bits per heavy atom. The number of rotatable bonds is 4. The van der Waals surface area contributed by atoms with Crippen LogP contribution in [0.25, 0.3) is 0 Å². The zero-order valence-corrected chi connectivity index (χ0v) is 12.7. The molecule has 0 aromatic rings. The van der Waals surface area contributed by atoms with Crippen LogP contribution in [0.4, 0.5) is 0 Å². The van der Waals surface area contributed by atoms with E-state index in [0.29, 0.717) is 5.16 Å². The van der Waals surface area contributed by atoms with Gasteiger partial charge in [-0.05, 0) is 13.0 Å². The van der Waals surface area contributed by atoms with Crippen LogP contribution in [-0.2, 0) is 4.74 Å². The Hall–Kier alpha value is 0.347. The van der Waals surface area contributed by atoms with Crippen LogP contribution in [0.15, 0.2) is 0 Å². The lowest BCUT2D eigenvalue weighted by Gasteiger charge is -2.21. The molecule has 0 spiro atoms. The lowest BCUT2D eigenvalue weighted by molar-refractivity contribution is 0.332. The maximum absolute atomic E-state index is 5.73. The van der Waals surface area contributed by atoms with Gasteiger partial charge in [0.2, 0.25) is 0 Å². The molecule has 0 aliphatic heterocycles. The van der Waals surface area contributed by atoms with Crippen LogP contribution < -0.4 is 0 Å². The van der Waals surface area contributed by atoms with E-state index in [-0.39, 0.29) is 0 Å². The van der Waals surface area contributed by atoms with Crippen LogP contribution in [-0.4, -0.2) is 25.3 Å². The molecule has 0 radical (unpaired) electrons. The third-order valence-electron chi connectivity index (χ3n) is 1.45. The standard InChI is InChI=1S/C11H25OPSi/c1-8-12-10(9-14(5,6)7)13-11(2,3)4/h8-9H2,1-7H3. The first-order valence-corrected chi connectivity index (χ1v) is 9.96. The molecule has 14 heavy (non-hydrogen) atoms. The van der Waals surface area contributed by atoms with Gasteiger partial charge in [0.15, 0.2) is 0 Å². The summed E-state index contributed by atoms with van der Waals surface area (Å²) in [5.41, 5.74) is 1.29. The highest BCUT2D eigenvalue weighted by molar-refractivity contribution is 7.42. The van der Waals surface area contributed by atoms with Gasteiger partial charge in [-0.3, -0.25) is 0 Å². The maximum atomic E-state index is 5.73. The predicted molar refractivity (Wildman–Crippen MR) is 71.5 cm³/mol. The lowest BCUT2D eigenvalue weighted by atomic mass is 10.3. The molecule has 0 saturated carbocycles. The highest BCUT2D eigenvalue weighted by Gasteiger charge is 2.18. The van der Waals surface area contributed by atoms with E-state index in [2.05, 4.69) is 47.3 Å². The second-order valence-electron chi connectivity index (χ2n) is 5.85. The summed E-state index contributed by atoms with van der Waals surface area (Å²) in [4.78, 5) is 0. The van der Waals surface area contributed by atoms with Crippen LogP contribution in [0.2, 0.25) is 25.7 Å². The van der Waals surface area contributed by atoms with Crippen molar-refractivity contribution in [1.29, 1.82) is 0 Å². The Morgan fingerprint density at radius 2 is 1.71 bits per heavy atom. The molecule has 3 heteroatoms. The lowest BCUT2D eigenvalue weighted by Crippen LogP contribution is -2.25. The number of hydrogen-bond acceptors (Lipinski definition) is 1. The molecule has 0 aromatic heterocycles. The Balaban J connectivity index is 4.53. The molecular weight excluding hydrogens is 207 g/mol. The molecule has 1 nitrogen and oxygen atoms in total. The third-order valence-corrected chi connectivity index (χ3v) is 4.34. The zero-order chi connectivity index (χ0) is 11.4. The van der Waals surface area contributed by atoms with Crippen molar-refractivity contribution in [2.45, 2.75) is 58.5 Å². The molecule has 0 N–H and O–H groups in total. The van der Waals surface area contributed by atoms with Crippen molar-refractivity contribution in [3.8, 4) is 0 Å². The fourth-order valence-electron chi connectivity index (χ4n) is 1.12. The summed E-state index contributed by atoms with van der Waals surface area (Å²) in [6.07, 6.45) is 0. The van der Waals surface area contributed by atoms with E-state index in [1.165, 1.54) is 19.7 Å². The second kappa shape index (κ2) is 5.44. The largest absolute Gasteiger partial charge is 0.347 e. The Bertz CT molecular complexity index is 198. The van der Waals surface area contributed by atoms with Crippen LogP contribution in [0.5, 0.6) is 0 Å². The molecule has 0 saturated heterocycles. The SMILES string of the molecule is CCOC(C[Si](C)(C)C)=PC(C)(C)C. The highest BCUT2D eigenvalue weighted by Crippen LogP contribution is 2.26. The molecule has 0 amide bonds. The van der Waals surface area contributed by atoms with Crippen molar-refractivity contribution in [3.63, 3.8) is 0 Å². The van der Waals surface area contributed by atoms with Gasteiger partial charge in [-0.15, -0.1) is 0 Å². The summed E-state index contributed by atoms with van der Waals surface area (Å²) >= 11 is 0. The van der Waals surface area contributed by atoms with Crippen LogP contribution in [0, 0.1) is 0 Å². The van der Waals surface area contributed by atoms with Crippen LogP contribution in [0.3, 0.4) is 0 Å². The molecule has 0 heterocycles. The van der Waals surface area contributed by atoms with Crippen molar-refractivity contribution in [1.82, 2.24) is 0 Å². The van der Waals surface area contributed by atoms with Crippen molar-refractivity contribution >= 4 is 21.8 Å². The van der Waals surface area contributed by atoms with Crippen molar-refractivity contribution in [3.05, 3.63) is 0 Å². The summed E-state index contributed by atoms with van der Waals surface area (Å²) in [5, 5.41) is 0.324. The van der Waals surface area contributed by atoms with E-state index in [9.17, 15) is 0 Å². The van der Waals surface area contributed by atoms with Gasteiger partial charge in [0.1, 0.15) is 0 Å². The molecule has 0 fully saturated rings. The molecule has 0 atom stereocenters. The fourth-order valence-corrected chi connectivity index (χ4v) is 4.81. The summed E-state index contributed by atoms with van der Waals surface area (Å²) < 4.78 is 5.73. The minimum absolute atomic E-state index is 0.324. The van der Waals surface area contributed by atoms with Gasteiger partial charge in [0.05, 0.1) is 20.2 Å². The molecule has 0 aliphatic rings. The third kappa shape index (κ3) is 8.92. The molecule has 0 aliphatic carbocycles. The van der Waals surface area contributed by atoms with Gasteiger partial charge in [0.25, 0.3) is 0 Å². The highest BCUT2D eigenvalue weighted by atomic mass is 31.1. The van der Waals surface area contributed by atoms with E-state index in [0.717, 1.165) is 6.61 Å². The van der Waals surface area contributed by atoms with E-state index in [4.69, 9.17) is 4.74 Å². The quantitative estimate of drug-likeness (QED) is 0.520. The topological polar surface area (TPSA) is 9.23 Å². The summed E-state index contributed by atoms with van der Waals surface area (Å²) in [6, 6.07) is 1.19. The van der Waals surface area contributed by atoms with Crippen LogP contribution >= 0.6 is 8.20 Å². The molecule has 0 unspecified atom stereocenters. The first-order valence-electron chi connectivity index (χ1n) is 5.35. The summed E-state index contributed by atoms with van der Waals surface area (Å²) in [7, 11) is 0.336. The van der Waals surface area contributed by atoms with Gasteiger partial charge >= 0.3 is 0 Å². The molecule has 0 rings (SSSR count). The van der Waals surface area contributed by atoms with Gasteiger partial charge in [0, 0.05) is 5.16 Å². The van der Waals surface area contributed by atoms with Crippen molar-refractivity contribution in [2.75, 3.05) is 6.61 Å². The molecule has 0 bridgehead atoms. The van der Waals surface area contributed by atoms with E-state index in [1.54, 1.807) is 0 Å². The van der Waals surface area contributed by atoms with E-state index < -0.39 is 8.07 Å². The smallest absolute Gasteiger partial charge is 0.0724 e. The first-order chi connectivity index (χ1) is 6.14. The minimum atomic E-state index is -1.03. The summed E-state index contributed by atoms with van der Waals surface area (Å²) in [6.45, 7) is 16.8. The molecule has 84 valence electrons. The zero-order valence-electron chi connectivity index (χ0n) is 10.8. The van der Waals surface area contributed by atoms with Crippen molar-refractivity contribution < 1.29 is 4.74 Å². The summed E-state index contributed by atoms with van der Waals surface area (Å²) in [5.74, 6) is 0. The monoisotopic (exact) mass is 232 g/mol. The van der Waals surface area contributed by atoms with Gasteiger partial charge in [-0.2, -0.15) is 0 Å². The maximum Gasteiger partial charge on any atom is 0.0724 e. The second-order valence-corrected chi connectivity index (χ2v) is 13.4. The van der Waals surface area contributed by atoms with Crippen molar-refractivity contribution in [2.24, 2.45) is 0 Å². The Labute approximate surface area is 92.1 Å². The molecule has 0 aromatic carbocycles. The Morgan fingerprint density at radius 3 is 2.00 bits per heavy atom. The first kappa shape index (κ1) is 14.3. The normalized spacial score (nSPS) is 14.6. The predicted octanol–water partition coefficient (Wildman–Crippen LogP) is 4.24. The van der Waals surface area contributed by atoms with E-state index in [1.807, 2.05) is 0 Å². The van der Waals surface area contributed by atoms with Crippen LogP contribution in [0.1, 0.15) is 27.7 Å². The van der Waals surface area contributed by atoms with Gasteiger partial charge in [-0.25, -0.2) is 0 Å². The minimum Gasteiger partial charge on any atom is -0.347 e. The number of hydrogen-bond donors (Lipinski definition) is 0. The van der Waals surface area contributed by atoms with E-state index >= 15 is 0 Å².